The monoisotopic (exact) mass is 366 g/mol. The van der Waals surface area contributed by atoms with Crippen molar-refractivity contribution in [1.29, 1.82) is 0 Å². The summed E-state index contributed by atoms with van der Waals surface area (Å²) in [5, 5.41) is 0.815. The maximum Gasteiger partial charge on any atom is 0.353 e. The Labute approximate surface area is 155 Å². The average Bonchev–Trinajstić information content (AvgIpc) is 3.10. The first-order valence-corrected chi connectivity index (χ1v) is 9.69. The molecule has 3 nitrogen and oxygen atoms in total. The van der Waals surface area contributed by atoms with Crippen molar-refractivity contribution in [2.45, 2.75) is 37.0 Å². The Morgan fingerprint density at radius 1 is 1.15 bits per heavy atom. The molecule has 0 atom stereocenters. The van der Waals surface area contributed by atoms with Gasteiger partial charge in [-0.15, -0.1) is 11.8 Å². The second kappa shape index (κ2) is 7.08. The molecule has 2 aromatic carbocycles. The highest BCUT2D eigenvalue weighted by molar-refractivity contribution is 7.98. The number of halogens is 1. The molecule has 0 unspecified atom stereocenters. The van der Waals surface area contributed by atoms with Crippen LogP contribution in [0.3, 0.4) is 0 Å². The Kier molecular flexibility index (Phi) is 4.64. The Morgan fingerprint density at radius 3 is 2.73 bits per heavy atom. The number of rotatable bonds is 4. The number of aryl methyl sites for hydroxylation is 1. The van der Waals surface area contributed by atoms with E-state index in [-0.39, 0.29) is 11.5 Å². The van der Waals surface area contributed by atoms with E-state index in [1.54, 1.807) is 28.5 Å². The van der Waals surface area contributed by atoms with Crippen molar-refractivity contribution in [2.24, 2.45) is 0 Å². The maximum atomic E-state index is 13.1. The normalized spacial score (nSPS) is 13.0. The SMILES string of the molecule is Cc1cccc(-n2c3c(c(SCc4ccc(F)cc4)nc2=O)CCC3)c1. The predicted octanol–water partition coefficient (Wildman–Crippen LogP) is 4.46. The van der Waals surface area contributed by atoms with E-state index in [1.165, 1.54) is 17.7 Å². The molecule has 0 amide bonds. The molecule has 0 saturated carbocycles. The van der Waals surface area contributed by atoms with Crippen molar-refractivity contribution in [3.63, 3.8) is 0 Å². The Balaban J connectivity index is 1.70. The molecule has 0 spiro atoms. The largest absolute Gasteiger partial charge is 0.353 e. The van der Waals surface area contributed by atoms with Crippen molar-refractivity contribution < 1.29 is 4.39 Å². The zero-order chi connectivity index (χ0) is 18.1. The summed E-state index contributed by atoms with van der Waals surface area (Å²) in [6.45, 7) is 2.02. The molecule has 0 radical (unpaired) electrons. The van der Waals surface area contributed by atoms with Crippen LogP contribution in [0.5, 0.6) is 0 Å². The number of fused-ring (bicyclic) bond motifs is 1. The van der Waals surface area contributed by atoms with E-state index in [1.807, 2.05) is 31.2 Å². The molecule has 0 bridgehead atoms. The molecule has 1 aliphatic rings. The fourth-order valence-corrected chi connectivity index (χ4v) is 4.44. The van der Waals surface area contributed by atoms with Crippen molar-refractivity contribution in [3.8, 4) is 5.69 Å². The first-order valence-electron chi connectivity index (χ1n) is 8.71. The van der Waals surface area contributed by atoms with Crippen LogP contribution in [0.15, 0.2) is 58.4 Å². The molecule has 3 aromatic rings. The number of hydrogen-bond donors (Lipinski definition) is 0. The lowest BCUT2D eigenvalue weighted by atomic mass is 10.2. The lowest BCUT2D eigenvalue weighted by Gasteiger charge is -2.14. The highest BCUT2D eigenvalue weighted by atomic mass is 32.2. The summed E-state index contributed by atoms with van der Waals surface area (Å²) in [7, 11) is 0. The molecule has 0 aliphatic heterocycles. The van der Waals surface area contributed by atoms with Gasteiger partial charge in [-0.1, -0.05) is 24.3 Å². The highest BCUT2D eigenvalue weighted by Gasteiger charge is 2.22. The van der Waals surface area contributed by atoms with Gasteiger partial charge in [0.25, 0.3) is 0 Å². The predicted molar refractivity (Wildman–Crippen MR) is 103 cm³/mol. The van der Waals surface area contributed by atoms with Crippen molar-refractivity contribution >= 4 is 11.8 Å². The van der Waals surface area contributed by atoms with Gasteiger partial charge in [-0.3, -0.25) is 4.57 Å². The molecule has 26 heavy (non-hydrogen) atoms. The van der Waals surface area contributed by atoms with Crippen LogP contribution in [-0.2, 0) is 18.6 Å². The Morgan fingerprint density at radius 2 is 1.96 bits per heavy atom. The standard InChI is InChI=1S/C21H19FN2OS/c1-14-4-2-5-17(12-14)24-19-7-3-6-18(19)20(23-21(24)25)26-13-15-8-10-16(22)11-9-15/h2,4-5,8-12H,3,6-7,13H2,1H3. The van der Waals surface area contributed by atoms with Gasteiger partial charge >= 0.3 is 5.69 Å². The quantitative estimate of drug-likeness (QED) is 0.505. The fourth-order valence-electron chi connectivity index (χ4n) is 3.41. The minimum Gasteiger partial charge on any atom is -0.265 e. The minimum atomic E-state index is -0.237. The van der Waals surface area contributed by atoms with Gasteiger partial charge in [0.2, 0.25) is 0 Å². The Hall–Kier alpha value is -2.40. The van der Waals surface area contributed by atoms with Gasteiger partial charge in [0, 0.05) is 17.0 Å². The summed E-state index contributed by atoms with van der Waals surface area (Å²) in [6, 6.07) is 14.4. The summed E-state index contributed by atoms with van der Waals surface area (Å²) in [5.41, 5.74) is 5.06. The van der Waals surface area contributed by atoms with E-state index in [9.17, 15) is 9.18 Å². The number of benzene rings is 2. The number of hydrogen-bond acceptors (Lipinski definition) is 3. The van der Waals surface area contributed by atoms with Gasteiger partial charge in [-0.05, 0) is 61.6 Å². The second-order valence-corrected chi connectivity index (χ2v) is 7.53. The zero-order valence-electron chi connectivity index (χ0n) is 14.5. The van der Waals surface area contributed by atoms with Crippen LogP contribution in [0.25, 0.3) is 5.69 Å². The fraction of sp³-hybridized carbons (Fsp3) is 0.238. The first-order chi connectivity index (χ1) is 12.6. The van der Waals surface area contributed by atoms with Crippen molar-refractivity contribution in [2.75, 3.05) is 0 Å². The van der Waals surface area contributed by atoms with Gasteiger partial charge in [0.05, 0.1) is 5.69 Å². The van der Waals surface area contributed by atoms with E-state index in [4.69, 9.17) is 0 Å². The van der Waals surface area contributed by atoms with Crippen LogP contribution >= 0.6 is 11.8 Å². The average molecular weight is 366 g/mol. The molecule has 0 saturated heterocycles. The smallest absolute Gasteiger partial charge is 0.265 e. The molecule has 132 valence electrons. The van der Waals surface area contributed by atoms with Crippen LogP contribution in [0.2, 0.25) is 0 Å². The van der Waals surface area contributed by atoms with E-state index in [0.717, 1.165) is 46.8 Å². The molecule has 0 N–H and O–H groups in total. The van der Waals surface area contributed by atoms with E-state index in [0.29, 0.717) is 5.75 Å². The van der Waals surface area contributed by atoms with Crippen LogP contribution in [-0.4, -0.2) is 9.55 Å². The molecular formula is C21H19FN2OS. The van der Waals surface area contributed by atoms with Crippen molar-refractivity contribution in [3.05, 3.63) is 87.2 Å². The van der Waals surface area contributed by atoms with Gasteiger partial charge in [-0.2, -0.15) is 4.98 Å². The minimum absolute atomic E-state index is 0.224. The molecule has 1 aliphatic carbocycles. The lowest BCUT2D eigenvalue weighted by Crippen LogP contribution is -2.25. The van der Waals surface area contributed by atoms with Gasteiger partial charge < -0.3 is 0 Å². The van der Waals surface area contributed by atoms with Gasteiger partial charge in [0.15, 0.2) is 0 Å². The Bertz CT molecular complexity index is 1010. The van der Waals surface area contributed by atoms with Crippen LogP contribution in [0, 0.1) is 12.7 Å². The lowest BCUT2D eigenvalue weighted by molar-refractivity contribution is 0.627. The second-order valence-electron chi connectivity index (χ2n) is 6.57. The van der Waals surface area contributed by atoms with E-state index < -0.39 is 0 Å². The number of aromatic nitrogens is 2. The van der Waals surface area contributed by atoms with E-state index in [2.05, 4.69) is 4.98 Å². The molecule has 1 heterocycles. The molecule has 0 fully saturated rings. The third-order valence-electron chi connectivity index (χ3n) is 4.65. The molecule has 5 heteroatoms. The topological polar surface area (TPSA) is 34.9 Å². The summed E-state index contributed by atoms with van der Waals surface area (Å²) in [6.07, 6.45) is 2.88. The summed E-state index contributed by atoms with van der Waals surface area (Å²) < 4.78 is 14.8. The van der Waals surface area contributed by atoms with Crippen LogP contribution in [0.1, 0.15) is 28.8 Å². The third kappa shape index (κ3) is 3.31. The van der Waals surface area contributed by atoms with Crippen molar-refractivity contribution in [1.82, 2.24) is 9.55 Å². The molecule has 1 aromatic heterocycles. The van der Waals surface area contributed by atoms with Crippen LogP contribution < -0.4 is 5.69 Å². The van der Waals surface area contributed by atoms with Crippen LogP contribution in [0.4, 0.5) is 4.39 Å². The zero-order valence-corrected chi connectivity index (χ0v) is 15.4. The summed E-state index contributed by atoms with van der Waals surface area (Å²) in [5.74, 6) is 0.437. The van der Waals surface area contributed by atoms with E-state index >= 15 is 0 Å². The van der Waals surface area contributed by atoms with Gasteiger partial charge in [0.1, 0.15) is 10.8 Å². The summed E-state index contributed by atoms with van der Waals surface area (Å²) in [4.78, 5) is 17.1. The molecule has 4 rings (SSSR count). The maximum absolute atomic E-state index is 13.1. The van der Waals surface area contributed by atoms with Gasteiger partial charge in [-0.25, -0.2) is 9.18 Å². The number of thioether (sulfide) groups is 1. The molecular weight excluding hydrogens is 347 g/mol. The summed E-state index contributed by atoms with van der Waals surface area (Å²) >= 11 is 1.56. The first kappa shape index (κ1) is 17.0. The number of nitrogens with zero attached hydrogens (tertiary/aromatic N) is 2. The highest BCUT2D eigenvalue weighted by Crippen LogP contribution is 2.32. The third-order valence-corrected chi connectivity index (χ3v) is 5.74.